The second-order valence-corrected chi connectivity index (χ2v) is 9.03. The van der Waals surface area contributed by atoms with Crippen LogP contribution in [0.5, 0.6) is 5.75 Å². The Kier molecular flexibility index (Phi) is 8.30. The number of benzene rings is 3. The van der Waals surface area contributed by atoms with Gasteiger partial charge in [-0.05, 0) is 61.0 Å². The van der Waals surface area contributed by atoms with Gasteiger partial charge < -0.3 is 10.1 Å². The van der Waals surface area contributed by atoms with Crippen molar-refractivity contribution >= 4 is 46.9 Å². The van der Waals surface area contributed by atoms with Gasteiger partial charge in [-0.15, -0.1) is 0 Å². The highest BCUT2D eigenvalue weighted by Crippen LogP contribution is 2.23. The number of hydrazone groups is 1. The number of halogens is 2. The zero-order chi connectivity index (χ0) is 27.2. The molecule has 0 fully saturated rings. The first-order valence-corrected chi connectivity index (χ1v) is 12.2. The number of amides is 2. The molecule has 0 radical (unpaired) electrons. The quantitative estimate of drug-likeness (QED) is 0.201. The summed E-state index contributed by atoms with van der Waals surface area (Å²) in [6.45, 7) is 1.94. The third-order valence-corrected chi connectivity index (χ3v) is 6.26. The van der Waals surface area contributed by atoms with Crippen molar-refractivity contribution in [1.29, 1.82) is 0 Å². The molecule has 0 bridgehead atoms. The molecule has 38 heavy (non-hydrogen) atoms. The lowest BCUT2D eigenvalue weighted by Crippen LogP contribution is -2.34. The highest BCUT2D eigenvalue weighted by atomic mass is 35.5. The SMILES string of the molecule is Cc1c(NC(=O)C(=O)N/N=C/c2ccc(OCc3ccc(Cl)cc3Cl)cc2)c(=O)n(-c2ccccc2)n1C. The molecule has 0 spiro atoms. The summed E-state index contributed by atoms with van der Waals surface area (Å²) in [4.78, 5) is 37.6. The van der Waals surface area contributed by atoms with E-state index in [2.05, 4.69) is 15.8 Å². The lowest BCUT2D eigenvalue weighted by atomic mass is 10.2. The number of nitrogens with one attached hydrogen (secondary N) is 2. The Morgan fingerprint density at radius 1 is 1.00 bits per heavy atom. The zero-order valence-electron chi connectivity index (χ0n) is 20.4. The number of hydrogen-bond acceptors (Lipinski definition) is 5. The minimum absolute atomic E-state index is 0.0101. The Hall–Kier alpha value is -4.34. The largest absolute Gasteiger partial charge is 0.489 e. The molecule has 4 aromatic rings. The van der Waals surface area contributed by atoms with Gasteiger partial charge in [-0.25, -0.2) is 10.1 Å². The highest BCUT2D eigenvalue weighted by Gasteiger charge is 2.21. The normalized spacial score (nSPS) is 10.9. The lowest BCUT2D eigenvalue weighted by Gasteiger charge is -2.08. The van der Waals surface area contributed by atoms with E-state index < -0.39 is 17.4 Å². The van der Waals surface area contributed by atoms with Crippen LogP contribution in [0.1, 0.15) is 16.8 Å². The average Bonchev–Trinajstić information content (AvgIpc) is 3.12. The molecule has 0 atom stereocenters. The van der Waals surface area contributed by atoms with Gasteiger partial charge in [0.25, 0.3) is 5.56 Å². The molecular formula is C27H23Cl2N5O4. The van der Waals surface area contributed by atoms with Gasteiger partial charge in [0, 0.05) is 22.7 Å². The van der Waals surface area contributed by atoms with Crippen LogP contribution in [0.4, 0.5) is 5.69 Å². The Bertz CT molecular complexity index is 1560. The Morgan fingerprint density at radius 3 is 2.39 bits per heavy atom. The number of hydrogen-bond donors (Lipinski definition) is 2. The predicted molar refractivity (Wildman–Crippen MR) is 147 cm³/mol. The Labute approximate surface area is 228 Å². The number of nitrogens with zero attached hydrogens (tertiary/aromatic N) is 3. The van der Waals surface area contributed by atoms with Crippen LogP contribution in [0.15, 0.2) is 82.7 Å². The van der Waals surface area contributed by atoms with Crippen molar-refractivity contribution in [1.82, 2.24) is 14.8 Å². The van der Waals surface area contributed by atoms with Crippen molar-refractivity contribution in [2.75, 3.05) is 5.32 Å². The van der Waals surface area contributed by atoms with Crippen LogP contribution in [-0.2, 0) is 23.2 Å². The van der Waals surface area contributed by atoms with Crippen LogP contribution >= 0.6 is 23.2 Å². The van der Waals surface area contributed by atoms with E-state index in [0.717, 1.165) is 5.56 Å². The van der Waals surface area contributed by atoms with E-state index >= 15 is 0 Å². The first-order valence-electron chi connectivity index (χ1n) is 11.4. The number of aromatic nitrogens is 2. The highest BCUT2D eigenvalue weighted by molar-refractivity contribution is 6.39. The first kappa shape index (κ1) is 26.7. The van der Waals surface area contributed by atoms with Gasteiger partial charge >= 0.3 is 11.8 Å². The summed E-state index contributed by atoms with van der Waals surface area (Å²) in [5.41, 5.74) is 4.29. The van der Waals surface area contributed by atoms with Crippen molar-refractivity contribution < 1.29 is 14.3 Å². The van der Waals surface area contributed by atoms with Gasteiger partial charge in [0.1, 0.15) is 18.0 Å². The molecule has 2 amide bonds. The van der Waals surface area contributed by atoms with E-state index in [-0.39, 0.29) is 12.3 Å². The average molecular weight is 552 g/mol. The van der Waals surface area contributed by atoms with Gasteiger partial charge in [0.05, 0.1) is 17.6 Å². The summed E-state index contributed by atoms with van der Waals surface area (Å²) < 4.78 is 8.73. The summed E-state index contributed by atoms with van der Waals surface area (Å²) in [6.07, 6.45) is 1.38. The van der Waals surface area contributed by atoms with Crippen molar-refractivity contribution in [3.05, 3.63) is 110 Å². The number of carbonyl (C=O) groups is 2. The van der Waals surface area contributed by atoms with Gasteiger partial charge in [-0.3, -0.25) is 19.1 Å². The molecule has 0 aliphatic rings. The number of rotatable bonds is 7. The number of ether oxygens (including phenoxy) is 1. The molecule has 11 heteroatoms. The maximum atomic E-state index is 12.9. The van der Waals surface area contributed by atoms with Gasteiger partial charge in [0.15, 0.2) is 0 Å². The maximum absolute atomic E-state index is 12.9. The third kappa shape index (κ3) is 6.13. The topological polar surface area (TPSA) is 107 Å². The number of carbonyl (C=O) groups excluding carboxylic acids is 2. The molecule has 0 aliphatic heterocycles. The molecule has 0 unspecified atom stereocenters. The monoisotopic (exact) mass is 551 g/mol. The van der Waals surface area contributed by atoms with E-state index in [1.54, 1.807) is 85.4 Å². The lowest BCUT2D eigenvalue weighted by molar-refractivity contribution is -0.136. The molecule has 1 aromatic heterocycles. The van der Waals surface area contributed by atoms with E-state index in [9.17, 15) is 14.4 Å². The van der Waals surface area contributed by atoms with E-state index in [4.69, 9.17) is 27.9 Å². The number of anilines is 1. The molecule has 0 saturated carbocycles. The minimum atomic E-state index is -1.02. The molecule has 0 aliphatic carbocycles. The summed E-state index contributed by atoms with van der Waals surface area (Å²) in [5, 5.41) is 7.27. The standard InChI is InChI=1S/C27H23Cl2N5O4/c1-17-24(27(37)34(33(17)2)21-6-4-3-5-7-21)31-25(35)26(36)32-30-15-18-8-12-22(13-9-18)38-16-19-10-11-20(28)14-23(19)29/h3-15H,16H2,1-2H3,(H,31,35)(H,32,36)/b30-15+. The molecular weight excluding hydrogens is 529 g/mol. The molecule has 9 nitrogen and oxygen atoms in total. The summed E-state index contributed by atoms with van der Waals surface area (Å²) in [5.74, 6) is -1.43. The molecule has 194 valence electrons. The first-order chi connectivity index (χ1) is 18.2. The fourth-order valence-electron chi connectivity index (χ4n) is 3.55. The van der Waals surface area contributed by atoms with Crippen LogP contribution < -0.4 is 21.0 Å². The third-order valence-electron chi connectivity index (χ3n) is 5.67. The van der Waals surface area contributed by atoms with Crippen molar-refractivity contribution in [2.24, 2.45) is 12.1 Å². The molecule has 4 rings (SSSR count). The summed E-state index contributed by atoms with van der Waals surface area (Å²) in [7, 11) is 1.69. The Balaban J connectivity index is 1.33. The van der Waals surface area contributed by atoms with Crippen molar-refractivity contribution in [2.45, 2.75) is 13.5 Å². The molecule has 2 N–H and O–H groups in total. The second kappa shape index (κ2) is 11.8. The predicted octanol–water partition coefficient (Wildman–Crippen LogP) is 4.46. The number of para-hydroxylation sites is 1. The second-order valence-electron chi connectivity index (χ2n) is 8.18. The Morgan fingerprint density at radius 2 is 1.71 bits per heavy atom. The fourth-order valence-corrected chi connectivity index (χ4v) is 4.01. The van der Waals surface area contributed by atoms with E-state index in [1.807, 2.05) is 6.07 Å². The van der Waals surface area contributed by atoms with Crippen LogP contribution in [-0.4, -0.2) is 27.4 Å². The van der Waals surface area contributed by atoms with Crippen LogP contribution in [0.2, 0.25) is 10.0 Å². The zero-order valence-corrected chi connectivity index (χ0v) is 22.0. The minimum Gasteiger partial charge on any atom is -0.489 e. The van der Waals surface area contributed by atoms with Crippen LogP contribution in [0.3, 0.4) is 0 Å². The molecule has 0 saturated heterocycles. The van der Waals surface area contributed by atoms with E-state index in [1.165, 1.54) is 10.9 Å². The van der Waals surface area contributed by atoms with Crippen LogP contribution in [0.25, 0.3) is 5.69 Å². The summed E-state index contributed by atoms with van der Waals surface area (Å²) >= 11 is 12.1. The maximum Gasteiger partial charge on any atom is 0.329 e. The van der Waals surface area contributed by atoms with Crippen molar-refractivity contribution in [3.63, 3.8) is 0 Å². The smallest absolute Gasteiger partial charge is 0.329 e. The van der Waals surface area contributed by atoms with Gasteiger partial charge in [0.2, 0.25) is 0 Å². The van der Waals surface area contributed by atoms with Gasteiger partial charge in [-0.1, -0.05) is 47.5 Å². The molecule has 1 heterocycles. The fraction of sp³-hybridized carbons (Fsp3) is 0.111. The van der Waals surface area contributed by atoms with Gasteiger partial charge in [-0.2, -0.15) is 5.10 Å². The molecule has 3 aromatic carbocycles. The van der Waals surface area contributed by atoms with Crippen LogP contribution in [0, 0.1) is 6.92 Å². The van der Waals surface area contributed by atoms with E-state index in [0.29, 0.717) is 32.7 Å². The van der Waals surface area contributed by atoms with Crippen molar-refractivity contribution in [3.8, 4) is 11.4 Å². The summed E-state index contributed by atoms with van der Waals surface area (Å²) in [6, 6.07) is 21.1.